The highest BCUT2D eigenvalue weighted by molar-refractivity contribution is 6.00. The van der Waals surface area contributed by atoms with Gasteiger partial charge in [0.2, 0.25) is 0 Å². The van der Waals surface area contributed by atoms with Crippen molar-refractivity contribution >= 4 is 11.9 Å². The van der Waals surface area contributed by atoms with Crippen molar-refractivity contribution in [1.82, 2.24) is 0 Å². The van der Waals surface area contributed by atoms with E-state index in [1.54, 1.807) is 0 Å². The first-order valence-corrected chi connectivity index (χ1v) is 21.2. The number of carbonyl (C=O) groups excluding carboxylic acids is 2. The van der Waals surface area contributed by atoms with Crippen LogP contribution in [0.3, 0.4) is 0 Å². The van der Waals surface area contributed by atoms with Crippen LogP contribution in [0.1, 0.15) is 188 Å². The average Bonchev–Trinajstić information content (AvgIpc) is 3.16. The summed E-state index contributed by atoms with van der Waals surface area (Å²) in [5.41, 5.74) is 7.73. The third-order valence-electron chi connectivity index (χ3n) is 10.4. The van der Waals surface area contributed by atoms with Crippen LogP contribution < -0.4 is 0 Å². The number of aryl methyl sites for hydroxylation is 2. The van der Waals surface area contributed by atoms with Crippen LogP contribution >= 0.6 is 0 Å². The second-order valence-electron chi connectivity index (χ2n) is 14.6. The molecule has 286 valence electrons. The van der Waals surface area contributed by atoms with E-state index in [0.29, 0.717) is 24.3 Å². The zero-order valence-electron chi connectivity index (χ0n) is 33.4. The quantitative estimate of drug-likeness (QED) is 0.0556. The standard InChI is InChI=1S/C48H70O4/c1-5-9-11-13-15-17-19-21-23-25-31-39-37-46(42-34-28-30-36-44(42)48(50)52-8-4)40(32-26-24-22-20-18-16-14-12-10-6-2)38-45(39)41-33-27-29-35-43(41)47(49)51-7-3/h27-30,33-38H,5-26,31-32H2,1-4H3. The summed E-state index contributed by atoms with van der Waals surface area (Å²) in [4.78, 5) is 26.5. The Hall–Kier alpha value is -3.40. The Morgan fingerprint density at radius 3 is 1.04 bits per heavy atom. The van der Waals surface area contributed by atoms with E-state index in [2.05, 4.69) is 38.1 Å². The van der Waals surface area contributed by atoms with Gasteiger partial charge in [-0.05, 0) is 85.0 Å². The Labute approximate surface area is 317 Å². The van der Waals surface area contributed by atoms with Crippen LogP contribution in [0.5, 0.6) is 0 Å². The first kappa shape index (κ1) is 43.0. The van der Waals surface area contributed by atoms with Crippen molar-refractivity contribution in [2.45, 2.75) is 169 Å². The van der Waals surface area contributed by atoms with Crippen molar-refractivity contribution in [3.8, 4) is 22.3 Å². The summed E-state index contributed by atoms with van der Waals surface area (Å²) < 4.78 is 11.1. The summed E-state index contributed by atoms with van der Waals surface area (Å²) in [6.45, 7) is 8.94. The molecule has 0 aromatic heterocycles. The molecule has 3 rings (SSSR count). The summed E-state index contributed by atoms with van der Waals surface area (Å²) in [7, 11) is 0. The predicted molar refractivity (Wildman–Crippen MR) is 220 cm³/mol. The second kappa shape index (κ2) is 26.4. The molecule has 0 aliphatic carbocycles. The van der Waals surface area contributed by atoms with Crippen LogP contribution in [0.25, 0.3) is 22.3 Å². The summed E-state index contributed by atoms with van der Waals surface area (Å²) in [5.74, 6) is -0.563. The van der Waals surface area contributed by atoms with Crippen molar-refractivity contribution in [3.63, 3.8) is 0 Å². The molecule has 0 unspecified atom stereocenters. The van der Waals surface area contributed by atoms with Gasteiger partial charge < -0.3 is 9.47 Å². The SMILES string of the molecule is CCCCCCCCCCCCc1cc(-c2ccccc2C(=O)OCC)c(CCCCCCCCCCCC)cc1-c1ccccc1C(=O)OCC. The molecule has 0 spiro atoms. The molecule has 0 aliphatic rings. The van der Waals surface area contributed by atoms with Gasteiger partial charge in [-0.2, -0.15) is 0 Å². The van der Waals surface area contributed by atoms with E-state index in [9.17, 15) is 9.59 Å². The molecule has 0 atom stereocenters. The number of benzene rings is 3. The number of unbranched alkanes of at least 4 members (excludes halogenated alkanes) is 18. The molecule has 4 nitrogen and oxygen atoms in total. The highest BCUT2D eigenvalue weighted by Crippen LogP contribution is 2.37. The molecule has 0 fully saturated rings. The number of rotatable bonds is 28. The van der Waals surface area contributed by atoms with Crippen molar-refractivity contribution in [3.05, 3.63) is 82.9 Å². The van der Waals surface area contributed by atoms with Crippen molar-refractivity contribution in [1.29, 1.82) is 0 Å². The fourth-order valence-electron chi connectivity index (χ4n) is 7.42. The van der Waals surface area contributed by atoms with Gasteiger partial charge in [0.05, 0.1) is 24.3 Å². The lowest BCUT2D eigenvalue weighted by Gasteiger charge is -2.20. The van der Waals surface area contributed by atoms with Crippen LogP contribution in [0.4, 0.5) is 0 Å². The van der Waals surface area contributed by atoms with E-state index in [1.807, 2.05) is 50.2 Å². The number of carbonyl (C=O) groups is 2. The lowest BCUT2D eigenvalue weighted by Crippen LogP contribution is -2.09. The minimum absolute atomic E-state index is 0.282. The zero-order valence-corrected chi connectivity index (χ0v) is 33.4. The molecule has 0 bridgehead atoms. The Balaban J connectivity index is 1.93. The van der Waals surface area contributed by atoms with Crippen LogP contribution in [-0.4, -0.2) is 25.2 Å². The molecular weight excluding hydrogens is 641 g/mol. The Bertz CT molecular complexity index is 1330. The fourth-order valence-corrected chi connectivity index (χ4v) is 7.42. The molecular formula is C48H70O4. The monoisotopic (exact) mass is 711 g/mol. The number of hydrogen-bond donors (Lipinski definition) is 0. The van der Waals surface area contributed by atoms with E-state index in [-0.39, 0.29) is 11.9 Å². The van der Waals surface area contributed by atoms with Crippen LogP contribution in [-0.2, 0) is 22.3 Å². The molecule has 0 amide bonds. The van der Waals surface area contributed by atoms with E-state index >= 15 is 0 Å². The molecule has 3 aromatic carbocycles. The topological polar surface area (TPSA) is 52.6 Å². The minimum Gasteiger partial charge on any atom is -0.462 e. The summed E-state index contributed by atoms with van der Waals surface area (Å²) in [6, 6.07) is 20.5. The molecule has 0 N–H and O–H groups in total. The summed E-state index contributed by atoms with van der Waals surface area (Å²) in [6.07, 6.45) is 27.5. The molecule has 0 radical (unpaired) electrons. The smallest absolute Gasteiger partial charge is 0.338 e. The van der Waals surface area contributed by atoms with Crippen molar-refractivity contribution in [2.75, 3.05) is 13.2 Å². The van der Waals surface area contributed by atoms with Gasteiger partial charge >= 0.3 is 11.9 Å². The highest BCUT2D eigenvalue weighted by atomic mass is 16.5. The molecule has 0 saturated heterocycles. The highest BCUT2D eigenvalue weighted by Gasteiger charge is 2.21. The maximum atomic E-state index is 13.2. The minimum atomic E-state index is -0.282. The van der Waals surface area contributed by atoms with E-state index in [0.717, 1.165) is 47.9 Å². The van der Waals surface area contributed by atoms with Gasteiger partial charge in [0.25, 0.3) is 0 Å². The van der Waals surface area contributed by atoms with Crippen LogP contribution in [0.15, 0.2) is 60.7 Å². The van der Waals surface area contributed by atoms with Crippen molar-refractivity contribution < 1.29 is 19.1 Å². The molecule has 0 heterocycles. The third-order valence-corrected chi connectivity index (χ3v) is 10.4. The normalized spacial score (nSPS) is 11.2. The largest absolute Gasteiger partial charge is 0.462 e. The predicted octanol–water partition coefficient (Wildman–Crippen LogP) is 14.3. The van der Waals surface area contributed by atoms with E-state index in [1.165, 1.54) is 127 Å². The van der Waals surface area contributed by atoms with Crippen molar-refractivity contribution in [2.24, 2.45) is 0 Å². The Morgan fingerprint density at radius 1 is 0.404 bits per heavy atom. The number of ether oxygens (including phenoxy) is 2. The van der Waals surface area contributed by atoms with Crippen LogP contribution in [0.2, 0.25) is 0 Å². The lowest BCUT2D eigenvalue weighted by molar-refractivity contribution is 0.0517. The molecule has 0 aliphatic heterocycles. The van der Waals surface area contributed by atoms with Gasteiger partial charge in [-0.1, -0.05) is 178 Å². The van der Waals surface area contributed by atoms with Gasteiger partial charge in [0.15, 0.2) is 0 Å². The van der Waals surface area contributed by atoms with Gasteiger partial charge in [-0.25, -0.2) is 9.59 Å². The second-order valence-corrected chi connectivity index (χ2v) is 14.6. The summed E-state index contributed by atoms with van der Waals surface area (Å²) >= 11 is 0. The lowest BCUT2D eigenvalue weighted by atomic mass is 9.84. The first-order valence-electron chi connectivity index (χ1n) is 21.2. The Morgan fingerprint density at radius 2 is 0.712 bits per heavy atom. The van der Waals surface area contributed by atoms with Gasteiger partial charge in [-0.3, -0.25) is 0 Å². The van der Waals surface area contributed by atoms with E-state index < -0.39 is 0 Å². The van der Waals surface area contributed by atoms with E-state index in [4.69, 9.17) is 9.47 Å². The fraction of sp³-hybridized carbons (Fsp3) is 0.583. The molecule has 4 heteroatoms. The first-order chi connectivity index (χ1) is 25.5. The molecule has 0 saturated carbocycles. The maximum absolute atomic E-state index is 13.2. The van der Waals surface area contributed by atoms with Gasteiger partial charge in [0.1, 0.15) is 0 Å². The molecule has 52 heavy (non-hydrogen) atoms. The maximum Gasteiger partial charge on any atom is 0.338 e. The number of esters is 2. The third kappa shape index (κ3) is 14.9. The Kier molecular flexibility index (Phi) is 21.8. The summed E-state index contributed by atoms with van der Waals surface area (Å²) in [5, 5.41) is 0. The zero-order chi connectivity index (χ0) is 37.2. The average molecular weight is 711 g/mol. The van der Waals surface area contributed by atoms with Gasteiger partial charge in [-0.15, -0.1) is 0 Å². The number of hydrogen-bond acceptors (Lipinski definition) is 4. The van der Waals surface area contributed by atoms with Crippen LogP contribution in [0, 0.1) is 0 Å². The molecule has 3 aromatic rings. The van der Waals surface area contributed by atoms with Gasteiger partial charge in [0, 0.05) is 0 Å².